The summed E-state index contributed by atoms with van der Waals surface area (Å²) in [6.45, 7) is 5.77. The third kappa shape index (κ3) is 5.40. The van der Waals surface area contributed by atoms with Crippen molar-refractivity contribution in [1.82, 2.24) is 20.0 Å². The van der Waals surface area contributed by atoms with Crippen LogP contribution in [0.4, 0.5) is 13.2 Å². The van der Waals surface area contributed by atoms with E-state index in [0.29, 0.717) is 0 Å². The van der Waals surface area contributed by atoms with E-state index in [2.05, 4.69) is 15.3 Å². The molecule has 1 aliphatic rings. The fourth-order valence-electron chi connectivity index (χ4n) is 3.58. The van der Waals surface area contributed by atoms with Gasteiger partial charge >= 0.3 is 6.18 Å². The molecular weight excluding hydrogens is 397 g/mol. The Hall–Kier alpha value is -2.39. The molecule has 1 fully saturated rings. The molecule has 1 aromatic carbocycles. The van der Waals surface area contributed by atoms with Gasteiger partial charge in [-0.1, -0.05) is 24.3 Å². The van der Waals surface area contributed by atoms with E-state index >= 15 is 0 Å². The van der Waals surface area contributed by atoms with Crippen molar-refractivity contribution in [3.05, 3.63) is 52.8 Å². The first-order valence-electron chi connectivity index (χ1n) is 10.1. The summed E-state index contributed by atoms with van der Waals surface area (Å²) in [5, 5.41) is 15.9. The summed E-state index contributed by atoms with van der Waals surface area (Å²) in [7, 11) is 0. The maximum atomic E-state index is 13.4. The maximum absolute atomic E-state index is 13.4. The van der Waals surface area contributed by atoms with E-state index in [-0.39, 0.29) is 12.6 Å². The smallest absolute Gasteiger partial charge is 0.393 e. The number of carbonyl (C=O) groups is 1. The molecule has 0 atom stereocenters. The number of hydrogen-bond acceptors (Lipinski definition) is 4. The fourth-order valence-corrected chi connectivity index (χ4v) is 3.58. The minimum absolute atomic E-state index is 0.124. The van der Waals surface area contributed by atoms with Crippen LogP contribution in [0.15, 0.2) is 30.5 Å². The van der Waals surface area contributed by atoms with Crippen LogP contribution in [0, 0.1) is 0 Å². The maximum Gasteiger partial charge on any atom is 0.433 e. The molecule has 1 aromatic heterocycles. The second kappa shape index (κ2) is 9.18. The van der Waals surface area contributed by atoms with Crippen LogP contribution in [-0.4, -0.2) is 44.9 Å². The summed E-state index contributed by atoms with van der Waals surface area (Å²) in [6, 6.07) is 7.10. The molecule has 2 heterocycles. The molecule has 0 radical (unpaired) electrons. The molecule has 164 valence electrons. The van der Waals surface area contributed by atoms with E-state index in [1.54, 1.807) is 13.8 Å². The number of halogens is 3. The fraction of sp³-hybridized carbons (Fsp3) is 0.524. The Kier molecular flexibility index (Phi) is 6.82. The van der Waals surface area contributed by atoms with E-state index < -0.39 is 29.4 Å². The molecule has 0 aliphatic carbocycles. The van der Waals surface area contributed by atoms with Gasteiger partial charge in [0.05, 0.1) is 17.9 Å². The number of aliphatic hydroxyl groups excluding tert-OH is 1. The van der Waals surface area contributed by atoms with Gasteiger partial charge < -0.3 is 10.4 Å². The van der Waals surface area contributed by atoms with E-state index in [4.69, 9.17) is 0 Å². The first-order chi connectivity index (χ1) is 14.1. The van der Waals surface area contributed by atoms with Crippen molar-refractivity contribution in [3.63, 3.8) is 0 Å². The van der Waals surface area contributed by atoms with Crippen LogP contribution in [-0.2, 0) is 19.3 Å². The van der Waals surface area contributed by atoms with E-state index in [1.807, 2.05) is 24.3 Å². The Morgan fingerprint density at radius 2 is 1.80 bits per heavy atom. The number of nitrogens with zero attached hydrogens (tertiary/aromatic N) is 3. The molecule has 0 unspecified atom stereocenters. The van der Waals surface area contributed by atoms with Crippen molar-refractivity contribution in [2.75, 3.05) is 13.1 Å². The summed E-state index contributed by atoms with van der Waals surface area (Å²) in [5.74, 6) is -0.801. The van der Waals surface area contributed by atoms with Gasteiger partial charge in [0.2, 0.25) is 0 Å². The van der Waals surface area contributed by atoms with Crippen LogP contribution in [0.3, 0.4) is 0 Å². The Balaban J connectivity index is 1.60. The normalized spacial score (nSPS) is 16.2. The molecular formula is C21H27F3N4O2. The van der Waals surface area contributed by atoms with Gasteiger partial charge in [0.25, 0.3) is 5.91 Å². The molecule has 1 aliphatic heterocycles. The highest BCUT2D eigenvalue weighted by Crippen LogP contribution is 2.33. The van der Waals surface area contributed by atoms with Crippen LogP contribution in [0.5, 0.6) is 0 Å². The van der Waals surface area contributed by atoms with Crippen molar-refractivity contribution < 1.29 is 23.1 Å². The molecule has 2 N–H and O–H groups in total. The van der Waals surface area contributed by atoms with Crippen molar-refractivity contribution in [3.8, 4) is 0 Å². The highest BCUT2D eigenvalue weighted by molar-refractivity contribution is 5.95. The number of nitrogens with one attached hydrogen (secondary N) is 1. The highest BCUT2D eigenvalue weighted by Gasteiger charge is 2.40. The zero-order valence-corrected chi connectivity index (χ0v) is 17.1. The Morgan fingerprint density at radius 3 is 2.37 bits per heavy atom. The summed E-state index contributed by atoms with van der Waals surface area (Å²) in [4.78, 5) is 14.7. The van der Waals surface area contributed by atoms with Gasteiger partial charge in [-0.05, 0) is 37.8 Å². The number of benzene rings is 1. The largest absolute Gasteiger partial charge is 0.433 e. The minimum atomic E-state index is -4.67. The lowest BCUT2D eigenvalue weighted by Crippen LogP contribution is -2.35. The molecule has 0 spiro atoms. The van der Waals surface area contributed by atoms with Crippen molar-refractivity contribution in [1.29, 1.82) is 0 Å². The lowest BCUT2D eigenvalue weighted by Gasteiger charge is -2.29. The molecule has 30 heavy (non-hydrogen) atoms. The average Bonchev–Trinajstić information content (AvgIpc) is 3.15. The molecule has 0 saturated carbocycles. The predicted octanol–water partition coefficient (Wildman–Crippen LogP) is 3.37. The van der Waals surface area contributed by atoms with Crippen molar-refractivity contribution in [2.45, 2.75) is 58.1 Å². The summed E-state index contributed by atoms with van der Waals surface area (Å²) in [6.07, 6.45) is -2.36. The number of hydrogen-bond donors (Lipinski definition) is 2. The van der Waals surface area contributed by atoms with E-state index in [0.717, 1.165) is 54.5 Å². The third-order valence-electron chi connectivity index (χ3n) is 5.24. The predicted molar refractivity (Wildman–Crippen MR) is 106 cm³/mol. The van der Waals surface area contributed by atoms with Gasteiger partial charge in [-0.2, -0.15) is 18.3 Å². The zero-order valence-electron chi connectivity index (χ0n) is 17.1. The van der Waals surface area contributed by atoms with Crippen molar-refractivity contribution >= 4 is 5.91 Å². The van der Waals surface area contributed by atoms with E-state index in [1.165, 1.54) is 0 Å². The van der Waals surface area contributed by atoms with Gasteiger partial charge in [-0.3, -0.25) is 14.4 Å². The lowest BCUT2D eigenvalue weighted by atomic mass is 10.1. The van der Waals surface area contributed by atoms with Crippen molar-refractivity contribution in [2.24, 2.45) is 0 Å². The van der Waals surface area contributed by atoms with Gasteiger partial charge in [-0.25, -0.2) is 0 Å². The van der Waals surface area contributed by atoms with Gasteiger partial charge in [0.15, 0.2) is 5.69 Å². The quantitative estimate of drug-likeness (QED) is 0.746. The number of amides is 1. The minimum Gasteiger partial charge on any atom is -0.393 e. The summed E-state index contributed by atoms with van der Waals surface area (Å²) >= 11 is 0. The van der Waals surface area contributed by atoms with Gasteiger partial charge in [-0.15, -0.1) is 0 Å². The number of piperidine rings is 1. The van der Waals surface area contributed by atoms with Crippen LogP contribution in [0.1, 0.15) is 59.9 Å². The highest BCUT2D eigenvalue weighted by atomic mass is 19.4. The molecule has 2 aromatic rings. The van der Waals surface area contributed by atoms with Gasteiger partial charge in [0, 0.05) is 32.2 Å². The first-order valence-corrected chi connectivity index (χ1v) is 10.1. The van der Waals surface area contributed by atoms with Crippen LogP contribution in [0.2, 0.25) is 0 Å². The van der Waals surface area contributed by atoms with Crippen LogP contribution < -0.4 is 5.32 Å². The molecule has 9 heteroatoms. The number of rotatable bonds is 6. The second-order valence-electron chi connectivity index (χ2n) is 7.95. The summed E-state index contributed by atoms with van der Waals surface area (Å²) in [5.41, 5.74) is 0.405. The standard InChI is InChI=1S/C21H27F3N4O2/c1-14(2)28-19(21(22,23)24)18(12-26-28)20(30)25-11-15-3-5-16(6-4-15)13-27-9-7-17(29)8-10-27/h3-6,12,14,17,29H,7-11,13H2,1-2H3,(H,25,30). The third-order valence-corrected chi connectivity index (χ3v) is 5.24. The number of carbonyl (C=O) groups excluding carboxylic acids is 1. The lowest BCUT2D eigenvalue weighted by molar-refractivity contribution is -0.145. The Labute approximate surface area is 173 Å². The molecule has 1 amide bonds. The molecule has 6 nitrogen and oxygen atoms in total. The number of aliphatic hydroxyl groups is 1. The van der Waals surface area contributed by atoms with Crippen LogP contribution in [0.25, 0.3) is 0 Å². The molecule has 1 saturated heterocycles. The topological polar surface area (TPSA) is 70.4 Å². The average molecular weight is 424 g/mol. The van der Waals surface area contributed by atoms with Gasteiger partial charge in [0.1, 0.15) is 0 Å². The van der Waals surface area contributed by atoms with E-state index in [9.17, 15) is 23.1 Å². The first kappa shape index (κ1) is 22.3. The Bertz CT molecular complexity index is 854. The van der Waals surface area contributed by atoms with Crippen LogP contribution >= 0.6 is 0 Å². The number of likely N-dealkylation sites (tertiary alicyclic amines) is 1. The Morgan fingerprint density at radius 1 is 1.20 bits per heavy atom. The molecule has 0 bridgehead atoms. The zero-order chi connectivity index (χ0) is 21.9. The number of aromatic nitrogens is 2. The second-order valence-corrected chi connectivity index (χ2v) is 7.95. The summed E-state index contributed by atoms with van der Waals surface area (Å²) < 4.78 is 41.1. The number of alkyl halides is 3. The molecule has 3 rings (SSSR count). The SMILES string of the molecule is CC(C)n1ncc(C(=O)NCc2ccc(CN3CCC(O)CC3)cc2)c1C(F)(F)F. The monoisotopic (exact) mass is 424 g/mol.